The number of aryl methyl sites for hydroxylation is 1. The molecule has 0 saturated carbocycles. The standard InChI is InChI=1S/C19H19N5O/c1-15(7-8-16-5-3-2-4-6-16)11-19(25)23-17-9-10-18(21-12-17)24-14-20-13-22-24/h2-6,9-14H,7-8H2,1H3,(H,23,25)/b15-11+. The predicted molar refractivity (Wildman–Crippen MR) is 96.3 cm³/mol. The fourth-order valence-corrected chi connectivity index (χ4v) is 2.38. The van der Waals surface area contributed by atoms with Crippen molar-refractivity contribution in [2.45, 2.75) is 19.8 Å². The highest BCUT2D eigenvalue weighted by atomic mass is 16.1. The number of nitrogens with one attached hydrogen (secondary N) is 1. The Morgan fingerprint density at radius 3 is 2.72 bits per heavy atom. The quantitative estimate of drug-likeness (QED) is 0.703. The van der Waals surface area contributed by atoms with Gasteiger partial charge in [-0.25, -0.2) is 14.6 Å². The molecule has 0 unspecified atom stereocenters. The van der Waals surface area contributed by atoms with Crippen LogP contribution < -0.4 is 5.32 Å². The van der Waals surface area contributed by atoms with E-state index < -0.39 is 0 Å². The Morgan fingerprint density at radius 1 is 1.20 bits per heavy atom. The molecular weight excluding hydrogens is 314 g/mol. The third-order valence-corrected chi connectivity index (χ3v) is 3.70. The van der Waals surface area contributed by atoms with Crippen LogP contribution in [0.2, 0.25) is 0 Å². The summed E-state index contributed by atoms with van der Waals surface area (Å²) in [6, 6.07) is 13.8. The maximum absolute atomic E-state index is 12.1. The second kappa shape index (κ2) is 8.01. The summed E-state index contributed by atoms with van der Waals surface area (Å²) >= 11 is 0. The molecule has 0 spiro atoms. The summed E-state index contributed by atoms with van der Waals surface area (Å²) in [5.41, 5.74) is 2.94. The second-order valence-corrected chi connectivity index (χ2v) is 5.71. The van der Waals surface area contributed by atoms with Crippen LogP contribution in [-0.2, 0) is 11.2 Å². The highest BCUT2D eigenvalue weighted by Crippen LogP contribution is 2.11. The van der Waals surface area contributed by atoms with Gasteiger partial charge in [-0.05, 0) is 37.5 Å². The predicted octanol–water partition coefficient (Wildman–Crippen LogP) is 3.18. The normalized spacial score (nSPS) is 11.3. The van der Waals surface area contributed by atoms with Gasteiger partial charge in [0.25, 0.3) is 0 Å². The third kappa shape index (κ3) is 4.84. The molecule has 1 N–H and O–H groups in total. The number of hydrogen-bond donors (Lipinski definition) is 1. The van der Waals surface area contributed by atoms with Crippen LogP contribution in [0.25, 0.3) is 5.82 Å². The van der Waals surface area contributed by atoms with Crippen molar-refractivity contribution in [1.29, 1.82) is 0 Å². The zero-order valence-corrected chi connectivity index (χ0v) is 14.0. The lowest BCUT2D eigenvalue weighted by Gasteiger charge is -2.05. The van der Waals surface area contributed by atoms with Gasteiger partial charge in [0.05, 0.1) is 11.9 Å². The molecule has 0 saturated heterocycles. The van der Waals surface area contributed by atoms with Gasteiger partial charge in [-0.1, -0.05) is 35.9 Å². The lowest BCUT2D eigenvalue weighted by atomic mass is 10.1. The van der Waals surface area contributed by atoms with Crippen LogP contribution in [0.15, 0.2) is 73.0 Å². The molecule has 1 aromatic carbocycles. The number of hydrogen-bond acceptors (Lipinski definition) is 4. The molecule has 25 heavy (non-hydrogen) atoms. The molecule has 126 valence electrons. The van der Waals surface area contributed by atoms with Crippen LogP contribution >= 0.6 is 0 Å². The average Bonchev–Trinajstić information content (AvgIpc) is 3.16. The number of nitrogens with zero attached hydrogens (tertiary/aromatic N) is 4. The van der Waals surface area contributed by atoms with Gasteiger partial charge in [0.2, 0.25) is 5.91 Å². The number of anilines is 1. The molecule has 0 aliphatic heterocycles. The monoisotopic (exact) mass is 333 g/mol. The van der Waals surface area contributed by atoms with Gasteiger partial charge in [-0.15, -0.1) is 0 Å². The summed E-state index contributed by atoms with van der Waals surface area (Å²) in [6.45, 7) is 1.97. The minimum atomic E-state index is -0.152. The third-order valence-electron chi connectivity index (χ3n) is 3.70. The average molecular weight is 333 g/mol. The van der Waals surface area contributed by atoms with E-state index in [1.54, 1.807) is 35.4 Å². The Bertz CT molecular complexity index is 839. The maximum Gasteiger partial charge on any atom is 0.248 e. The van der Waals surface area contributed by atoms with E-state index in [9.17, 15) is 4.79 Å². The van der Waals surface area contributed by atoms with Gasteiger partial charge in [0, 0.05) is 6.08 Å². The lowest BCUT2D eigenvalue weighted by Crippen LogP contribution is -2.09. The highest BCUT2D eigenvalue weighted by Gasteiger charge is 2.03. The Morgan fingerprint density at radius 2 is 2.04 bits per heavy atom. The molecule has 6 heteroatoms. The molecule has 0 fully saturated rings. The molecule has 1 amide bonds. The Labute approximate surface area is 146 Å². The van der Waals surface area contributed by atoms with Crippen molar-refractivity contribution in [2.24, 2.45) is 0 Å². The van der Waals surface area contributed by atoms with Crippen LogP contribution in [-0.4, -0.2) is 25.7 Å². The Hall–Kier alpha value is -3.28. The van der Waals surface area contributed by atoms with E-state index in [0.717, 1.165) is 18.4 Å². The van der Waals surface area contributed by atoms with E-state index in [0.29, 0.717) is 11.5 Å². The summed E-state index contributed by atoms with van der Waals surface area (Å²) in [6.07, 6.45) is 8.02. The van der Waals surface area contributed by atoms with Gasteiger partial charge in [-0.3, -0.25) is 4.79 Å². The van der Waals surface area contributed by atoms with E-state index in [1.807, 2.05) is 25.1 Å². The molecule has 3 aromatic rings. The van der Waals surface area contributed by atoms with Gasteiger partial charge in [0.15, 0.2) is 5.82 Å². The molecule has 0 aliphatic carbocycles. The van der Waals surface area contributed by atoms with E-state index in [1.165, 1.54) is 11.9 Å². The number of aromatic nitrogens is 4. The minimum absolute atomic E-state index is 0.152. The maximum atomic E-state index is 12.1. The molecule has 6 nitrogen and oxygen atoms in total. The van der Waals surface area contributed by atoms with Crippen molar-refractivity contribution in [3.8, 4) is 5.82 Å². The topological polar surface area (TPSA) is 72.7 Å². The summed E-state index contributed by atoms with van der Waals surface area (Å²) in [7, 11) is 0. The van der Waals surface area contributed by atoms with E-state index in [-0.39, 0.29) is 5.91 Å². The van der Waals surface area contributed by atoms with Crippen molar-refractivity contribution in [2.75, 3.05) is 5.32 Å². The lowest BCUT2D eigenvalue weighted by molar-refractivity contribution is -0.112. The summed E-state index contributed by atoms with van der Waals surface area (Å²) in [5.74, 6) is 0.492. The van der Waals surface area contributed by atoms with E-state index in [4.69, 9.17) is 0 Å². The minimum Gasteiger partial charge on any atom is -0.321 e. The first-order chi connectivity index (χ1) is 12.2. The van der Waals surface area contributed by atoms with E-state index in [2.05, 4.69) is 32.5 Å². The molecule has 0 bridgehead atoms. The fraction of sp³-hybridized carbons (Fsp3) is 0.158. The van der Waals surface area contributed by atoms with Crippen molar-refractivity contribution >= 4 is 11.6 Å². The van der Waals surface area contributed by atoms with Gasteiger partial charge >= 0.3 is 0 Å². The van der Waals surface area contributed by atoms with Gasteiger partial charge < -0.3 is 5.32 Å². The summed E-state index contributed by atoms with van der Waals surface area (Å²) in [4.78, 5) is 20.2. The number of benzene rings is 1. The smallest absolute Gasteiger partial charge is 0.248 e. The zero-order valence-electron chi connectivity index (χ0n) is 14.0. The number of amides is 1. The number of carbonyl (C=O) groups is 1. The first kappa shape index (κ1) is 16.6. The molecule has 0 atom stereocenters. The first-order valence-electron chi connectivity index (χ1n) is 8.04. The summed E-state index contributed by atoms with van der Waals surface area (Å²) < 4.78 is 1.55. The first-order valence-corrected chi connectivity index (χ1v) is 8.04. The van der Waals surface area contributed by atoms with Crippen LogP contribution in [0.1, 0.15) is 18.9 Å². The fourth-order valence-electron chi connectivity index (χ4n) is 2.38. The van der Waals surface area contributed by atoms with Crippen molar-refractivity contribution in [3.05, 3.63) is 78.5 Å². The highest BCUT2D eigenvalue weighted by molar-refractivity contribution is 5.99. The van der Waals surface area contributed by atoms with Crippen LogP contribution in [0.4, 0.5) is 5.69 Å². The van der Waals surface area contributed by atoms with Gasteiger partial charge in [-0.2, -0.15) is 5.10 Å². The number of carbonyl (C=O) groups excluding carboxylic acids is 1. The molecular formula is C19H19N5O. The SMILES string of the molecule is C/C(=C\C(=O)Nc1ccc(-n2cncn2)nc1)CCc1ccccc1. The number of allylic oxidation sites excluding steroid dienone is 1. The number of pyridine rings is 1. The Balaban J connectivity index is 1.54. The van der Waals surface area contributed by atoms with Gasteiger partial charge in [0.1, 0.15) is 12.7 Å². The van der Waals surface area contributed by atoms with Crippen LogP contribution in [0.3, 0.4) is 0 Å². The van der Waals surface area contributed by atoms with E-state index >= 15 is 0 Å². The van der Waals surface area contributed by atoms with Crippen molar-refractivity contribution in [3.63, 3.8) is 0 Å². The molecule has 0 aliphatic rings. The molecule has 2 aromatic heterocycles. The largest absolute Gasteiger partial charge is 0.321 e. The molecule has 0 radical (unpaired) electrons. The Kier molecular flexibility index (Phi) is 5.31. The summed E-state index contributed by atoms with van der Waals surface area (Å²) in [5, 5.41) is 6.83. The molecule has 3 rings (SSSR count). The zero-order chi connectivity index (χ0) is 17.5. The van der Waals surface area contributed by atoms with Crippen molar-refractivity contribution < 1.29 is 4.79 Å². The van der Waals surface area contributed by atoms with Crippen molar-refractivity contribution in [1.82, 2.24) is 19.7 Å². The second-order valence-electron chi connectivity index (χ2n) is 5.71. The number of rotatable bonds is 6. The molecule has 2 heterocycles. The van der Waals surface area contributed by atoms with Crippen LogP contribution in [0, 0.1) is 0 Å². The van der Waals surface area contributed by atoms with Crippen LogP contribution in [0.5, 0.6) is 0 Å².